The van der Waals surface area contributed by atoms with Crippen molar-refractivity contribution in [2.75, 3.05) is 0 Å². The van der Waals surface area contributed by atoms with Gasteiger partial charge in [0.2, 0.25) is 0 Å². The van der Waals surface area contributed by atoms with Gasteiger partial charge in [-0.25, -0.2) is 13.2 Å². The summed E-state index contributed by atoms with van der Waals surface area (Å²) in [5.74, 6) is -4.14. The second-order valence-corrected chi connectivity index (χ2v) is 4.70. The van der Waals surface area contributed by atoms with Crippen LogP contribution in [-0.2, 0) is 11.8 Å². The molecule has 0 saturated heterocycles. The van der Waals surface area contributed by atoms with Crippen LogP contribution in [0, 0.1) is 28.8 Å². The van der Waals surface area contributed by atoms with Gasteiger partial charge in [0, 0.05) is 18.0 Å². The van der Waals surface area contributed by atoms with Crippen molar-refractivity contribution < 1.29 is 13.2 Å². The Labute approximate surface area is 114 Å². The van der Waals surface area contributed by atoms with Gasteiger partial charge in [0.25, 0.3) is 0 Å². The fraction of sp³-hybridized carbons (Fsp3) is 0.200. The molecule has 1 aromatic heterocycles. The largest absolute Gasteiger partial charge is 0.265 e. The highest BCUT2D eigenvalue weighted by molar-refractivity contribution is 5.36. The van der Waals surface area contributed by atoms with Gasteiger partial charge >= 0.3 is 0 Å². The van der Waals surface area contributed by atoms with Gasteiger partial charge < -0.3 is 0 Å². The van der Waals surface area contributed by atoms with Crippen LogP contribution in [0.4, 0.5) is 13.2 Å². The van der Waals surface area contributed by atoms with Crippen molar-refractivity contribution in [3.8, 4) is 6.07 Å². The molecule has 1 atom stereocenters. The van der Waals surface area contributed by atoms with Crippen molar-refractivity contribution in [1.82, 2.24) is 4.98 Å². The molecule has 0 aliphatic rings. The summed E-state index contributed by atoms with van der Waals surface area (Å²) in [6, 6.07) is 7.30. The highest BCUT2D eigenvalue weighted by Crippen LogP contribution is 2.31. The van der Waals surface area contributed by atoms with Gasteiger partial charge in [-0.15, -0.1) is 0 Å². The Morgan fingerprint density at radius 2 is 1.75 bits per heavy atom. The Hall–Kier alpha value is -2.35. The average molecular weight is 276 g/mol. The number of nitriles is 1. The Morgan fingerprint density at radius 1 is 1.10 bits per heavy atom. The molecule has 0 bridgehead atoms. The second kappa shape index (κ2) is 5.33. The molecule has 0 N–H and O–H groups in total. The lowest BCUT2D eigenvalue weighted by atomic mass is 9.78. The Balaban J connectivity index is 2.47. The van der Waals surface area contributed by atoms with E-state index in [1.165, 1.54) is 6.92 Å². The lowest BCUT2D eigenvalue weighted by Gasteiger charge is -2.23. The molecule has 1 unspecified atom stereocenters. The van der Waals surface area contributed by atoms with Crippen molar-refractivity contribution in [1.29, 1.82) is 5.26 Å². The van der Waals surface area contributed by atoms with E-state index < -0.39 is 22.9 Å². The summed E-state index contributed by atoms with van der Waals surface area (Å²) in [5.41, 5.74) is -0.691. The predicted molar refractivity (Wildman–Crippen MR) is 67.2 cm³/mol. The van der Waals surface area contributed by atoms with E-state index in [1.807, 2.05) is 6.07 Å². The van der Waals surface area contributed by atoms with E-state index in [-0.39, 0.29) is 12.0 Å². The highest BCUT2D eigenvalue weighted by Gasteiger charge is 2.32. The summed E-state index contributed by atoms with van der Waals surface area (Å²) < 4.78 is 40.2. The van der Waals surface area contributed by atoms with Crippen LogP contribution >= 0.6 is 0 Å². The smallest absolute Gasteiger partial charge is 0.194 e. The fourth-order valence-electron chi connectivity index (χ4n) is 2.06. The van der Waals surface area contributed by atoms with E-state index in [4.69, 9.17) is 0 Å². The third kappa shape index (κ3) is 2.50. The Kier molecular flexibility index (Phi) is 3.75. The molecule has 2 aromatic rings. The molecular formula is C15H11F3N2. The molecule has 0 radical (unpaired) electrons. The van der Waals surface area contributed by atoms with Gasteiger partial charge in [-0.1, -0.05) is 6.07 Å². The minimum atomic E-state index is -1.56. The number of nitrogens with zero attached hydrogens (tertiary/aromatic N) is 2. The first-order valence-electron chi connectivity index (χ1n) is 5.92. The Morgan fingerprint density at radius 3 is 2.35 bits per heavy atom. The van der Waals surface area contributed by atoms with Crippen LogP contribution in [0.15, 0.2) is 36.7 Å². The monoisotopic (exact) mass is 276 g/mol. The summed E-state index contributed by atoms with van der Waals surface area (Å²) >= 11 is 0. The van der Waals surface area contributed by atoms with E-state index in [1.54, 1.807) is 24.5 Å². The molecule has 5 heteroatoms. The highest BCUT2D eigenvalue weighted by atomic mass is 19.2. The number of halogens is 3. The molecule has 2 nitrogen and oxygen atoms in total. The van der Waals surface area contributed by atoms with E-state index >= 15 is 0 Å². The van der Waals surface area contributed by atoms with Crippen molar-refractivity contribution in [2.24, 2.45) is 0 Å². The maximum atomic E-state index is 13.9. The number of hydrogen-bond acceptors (Lipinski definition) is 2. The van der Waals surface area contributed by atoms with Crippen molar-refractivity contribution in [3.63, 3.8) is 0 Å². The van der Waals surface area contributed by atoms with E-state index in [0.29, 0.717) is 0 Å². The zero-order valence-electron chi connectivity index (χ0n) is 10.7. The van der Waals surface area contributed by atoms with Gasteiger partial charge in [0.15, 0.2) is 17.5 Å². The first kappa shape index (κ1) is 14.1. The molecule has 0 fully saturated rings. The van der Waals surface area contributed by atoms with Gasteiger partial charge in [-0.2, -0.15) is 5.26 Å². The molecule has 0 aliphatic carbocycles. The molecule has 0 amide bonds. The number of rotatable bonds is 3. The van der Waals surface area contributed by atoms with Gasteiger partial charge in [-0.3, -0.25) is 4.98 Å². The van der Waals surface area contributed by atoms with Crippen LogP contribution in [0.25, 0.3) is 0 Å². The van der Waals surface area contributed by atoms with Gasteiger partial charge in [0.1, 0.15) is 0 Å². The third-order valence-electron chi connectivity index (χ3n) is 3.18. The lowest BCUT2D eigenvalue weighted by molar-refractivity contribution is 0.426. The minimum Gasteiger partial charge on any atom is -0.265 e. The average Bonchev–Trinajstić information content (AvgIpc) is 2.45. The molecule has 0 spiro atoms. The SMILES string of the molecule is CC(C#N)(Cc1ccncc1)c1ccc(F)c(F)c1F. The first-order chi connectivity index (χ1) is 9.48. The molecule has 0 aliphatic heterocycles. The summed E-state index contributed by atoms with van der Waals surface area (Å²) in [6.45, 7) is 1.49. The van der Waals surface area contributed by atoms with Crippen molar-refractivity contribution >= 4 is 0 Å². The fourth-order valence-corrected chi connectivity index (χ4v) is 2.06. The van der Waals surface area contributed by atoms with E-state index in [2.05, 4.69) is 4.98 Å². The second-order valence-electron chi connectivity index (χ2n) is 4.70. The zero-order chi connectivity index (χ0) is 14.8. The number of benzene rings is 1. The molecule has 1 heterocycles. The summed E-state index contributed by atoms with van der Waals surface area (Å²) in [7, 11) is 0. The van der Waals surface area contributed by atoms with Crippen LogP contribution < -0.4 is 0 Å². The van der Waals surface area contributed by atoms with Crippen molar-refractivity contribution in [3.05, 3.63) is 65.2 Å². The quantitative estimate of drug-likeness (QED) is 0.804. The van der Waals surface area contributed by atoms with Crippen LogP contribution in [-0.4, -0.2) is 4.98 Å². The summed E-state index contributed by atoms with van der Waals surface area (Å²) in [5, 5.41) is 9.34. The summed E-state index contributed by atoms with van der Waals surface area (Å²) in [6.07, 6.45) is 3.28. The Bertz CT molecular complexity index is 665. The lowest BCUT2D eigenvalue weighted by Crippen LogP contribution is -2.25. The van der Waals surface area contributed by atoms with Crippen LogP contribution in [0.2, 0.25) is 0 Å². The number of aromatic nitrogens is 1. The molecule has 2 rings (SSSR count). The standard InChI is InChI=1S/C15H11F3N2/c1-15(9-19,8-10-4-6-20-7-5-10)11-2-3-12(16)14(18)13(11)17/h2-7H,8H2,1H3. The topological polar surface area (TPSA) is 36.7 Å². The van der Waals surface area contributed by atoms with Gasteiger partial charge in [0.05, 0.1) is 11.5 Å². The van der Waals surface area contributed by atoms with E-state index in [0.717, 1.165) is 17.7 Å². The maximum absolute atomic E-state index is 13.9. The van der Waals surface area contributed by atoms with Crippen LogP contribution in [0.3, 0.4) is 0 Å². The maximum Gasteiger partial charge on any atom is 0.194 e. The van der Waals surface area contributed by atoms with Crippen LogP contribution in [0.5, 0.6) is 0 Å². The van der Waals surface area contributed by atoms with Crippen LogP contribution in [0.1, 0.15) is 18.1 Å². The third-order valence-corrected chi connectivity index (χ3v) is 3.18. The molecular weight excluding hydrogens is 265 g/mol. The minimum absolute atomic E-state index is 0.157. The van der Waals surface area contributed by atoms with Crippen molar-refractivity contribution in [2.45, 2.75) is 18.8 Å². The number of hydrogen-bond donors (Lipinski definition) is 0. The first-order valence-corrected chi connectivity index (χ1v) is 5.92. The molecule has 0 saturated carbocycles. The molecule has 1 aromatic carbocycles. The summed E-state index contributed by atoms with van der Waals surface area (Å²) in [4.78, 5) is 3.85. The molecule has 102 valence electrons. The van der Waals surface area contributed by atoms with E-state index in [9.17, 15) is 18.4 Å². The van der Waals surface area contributed by atoms with Gasteiger partial charge in [-0.05, 0) is 37.1 Å². The predicted octanol–water partition coefficient (Wildman–Crippen LogP) is 3.52. The number of pyridine rings is 1. The zero-order valence-corrected chi connectivity index (χ0v) is 10.7. The normalized spacial score (nSPS) is 13.6. The molecule has 20 heavy (non-hydrogen) atoms.